The molecule has 1 aliphatic heterocycles. The van der Waals surface area contributed by atoms with Crippen molar-refractivity contribution < 1.29 is 23.3 Å². The van der Waals surface area contributed by atoms with Gasteiger partial charge < -0.3 is 14.8 Å². The largest absolute Gasteiger partial charge is 0.493 e. The Bertz CT molecular complexity index is 986. The van der Waals surface area contributed by atoms with Crippen LogP contribution in [0.25, 0.3) is 0 Å². The molecule has 0 saturated carbocycles. The Labute approximate surface area is 182 Å². The molecule has 2 heterocycles. The van der Waals surface area contributed by atoms with Crippen molar-refractivity contribution in [1.82, 2.24) is 4.90 Å². The van der Waals surface area contributed by atoms with Crippen molar-refractivity contribution in [2.24, 2.45) is 0 Å². The summed E-state index contributed by atoms with van der Waals surface area (Å²) in [5.74, 6) is 0.463. The van der Waals surface area contributed by atoms with Gasteiger partial charge in [-0.1, -0.05) is 6.07 Å². The average Bonchev–Trinajstić information content (AvgIpc) is 3.19. The van der Waals surface area contributed by atoms with Crippen molar-refractivity contribution in [3.8, 4) is 11.5 Å². The van der Waals surface area contributed by atoms with Crippen LogP contribution >= 0.6 is 11.3 Å². The lowest BCUT2D eigenvalue weighted by atomic mass is 10.1. The number of ether oxygens (including phenoxy) is 2. The summed E-state index contributed by atoms with van der Waals surface area (Å²) in [7, 11) is 0.308. The van der Waals surface area contributed by atoms with Crippen molar-refractivity contribution in [3.63, 3.8) is 0 Å². The van der Waals surface area contributed by atoms with Crippen LogP contribution in [-0.2, 0) is 10.8 Å². The first kappa shape index (κ1) is 22.3. The van der Waals surface area contributed by atoms with Crippen LogP contribution in [0.2, 0.25) is 0 Å². The van der Waals surface area contributed by atoms with Crippen LogP contribution in [-0.4, -0.2) is 52.7 Å². The molecule has 0 radical (unpaired) electrons. The fraction of sp³-hybridized carbons (Fsp3) is 0.429. The van der Waals surface area contributed by atoms with Gasteiger partial charge in [-0.3, -0.25) is 18.7 Å². The number of amides is 2. The van der Waals surface area contributed by atoms with Crippen LogP contribution in [0.1, 0.15) is 53.1 Å². The minimum Gasteiger partial charge on any atom is -0.493 e. The summed E-state index contributed by atoms with van der Waals surface area (Å²) in [6.07, 6.45) is 1.56. The van der Waals surface area contributed by atoms with E-state index in [0.29, 0.717) is 39.8 Å². The Morgan fingerprint density at radius 3 is 2.53 bits per heavy atom. The highest BCUT2D eigenvalue weighted by molar-refractivity contribution is 7.84. The molecule has 0 saturated heterocycles. The number of anilines is 1. The van der Waals surface area contributed by atoms with Gasteiger partial charge in [0, 0.05) is 34.2 Å². The monoisotopic (exact) mass is 450 g/mol. The molecule has 30 heavy (non-hydrogen) atoms. The maximum Gasteiger partial charge on any atom is 0.265 e. The van der Waals surface area contributed by atoms with Crippen molar-refractivity contribution >= 4 is 39.0 Å². The van der Waals surface area contributed by atoms with Gasteiger partial charge in [-0.15, -0.1) is 11.3 Å². The molecule has 0 bridgehead atoms. The molecule has 3 rings (SSSR count). The first-order chi connectivity index (χ1) is 14.3. The SMILES string of the molecule is CCOc1cc(C(CS(C)=O)N2C(=O)c3csc(NC(C)C)c3C2=O)ccc1OC. The predicted molar refractivity (Wildman–Crippen MR) is 119 cm³/mol. The number of fused-ring (bicyclic) bond motifs is 1. The van der Waals surface area contributed by atoms with Gasteiger partial charge in [-0.05, 0) is 38.5 Å². The van der Waals surface area contributed by atoms with E-state index in [-0.39, 0.29) is 23.6 Å². The summed E-state index contributed by atoms with van der Waals surface area (Å²) in [5.41, 5.74) is 1.45. The van der Waals surface area contributed by atoms with E-state index in [4.69, 9.17) is 9.47 Å². The number of hydrogen-bond acceptors (Lipinski definition) is 7. The molecule has 0 fully saturated rings. The van der Waals surface area contributed by atoms with Gasteiger partial charge in [-0.2, -0.15) is 0 Å². The Morgan fingerprint density at radius 1 is 1.20 bits per heavy atom. The van der Waals surface area contributed by atoms with Gasteiger partial charge in [0.2, 0.25) is 0 Å². The second kappa shape index (κ2) is 9.18. The lowest BCUT2D eigenvalue weighted by Gasteiger charge is -2.27. The lowest BCUT2D eigenvalue weighted by Crippen LogP contribution is -2.37. The summed E-state index contributed by atoms with van der Waals surface area (Å²) >= 11 is 1.35. The smallest absolute Gasteiger partial charge is 0.265 e. The Balaban J connectivity index is 2.04. The second-order valence-electron chi connectivity index (χ2n) is 7.23. The number of carbonyl (C=O) groups excluding carboxylic acids is 2. The molecule has 9 heteroatoms. The fourth-order valence-corrected chi connectivity index (χ4v) is 5.29. The summed E-state index contributed by atoms with van der Waals surface area (Å²) in [6.45, 7) is 6.24. The number of nitrogens with one attached hydrogen (secondary N) is 1. The first-order valence-electron chi connectivity index (χ1n) is 9.65. The molecule has 2 unspecified atom stereocenters. The Morgan fingerprint density at radius 2 is 1.93 bits per heavy atom. The third-order valence-corrected chi connectivity index (χ3v) is 6.37. The fourth-order valence-electron chi connectivity index (χ4n) is 3.43. The van der Waals surface area contributed by atoms with Crippen LogP contribution in [0.4, 0.5) is 5.00 Å². The number of hydrogen-bond donors (Lipinski definition) is 1. The summed E-state index contributed by atoms with van der Waals surface area (Å²) in [4.78, 5) is 27.7. The van der Waals surface area contributed by atoms with Crippen molar-refractivity contribution in [3.05, 3.63) is 40.3 Å². The maximum absolute atomic E-state index is 13.3. The average molecular weight is 451 g/mol. The molecule has 2 amide bonds. The molecule has 1 aromatic carbocycles. The van der Waals surface area contributed by atoms with Crippen molar-refractivity contribution in [2.45, 2.75) is 32.9 Å². The Hall–Kier alpha value is -2.39. The third kappa shape index (κ3) is 4.22. The van der Waals surface area contributed by atoms with Gasteiger partial charge >= 0.3 is 0 Å². The summed E-state index contributed by atoms with van der Waals surface area (Å²) in [6, 6.07) is 4.71. The van der Waals surface area contributed by atoms with Crippen molar-refractivity contribution in [2.75, 3.05) is 31.0 Å². The minimum absolute atomic E-state index is 0.124. The number of methoxy groups -OCH3 is 1. The van der Waals surface area contributed by atoms with E-state index in [1.54, 1.807) is 36.9 Å². The van der Waals surface area contributed by atoms with Gasteiger partial charge in [0.15, 0.2) is 11.5 Å². The first-order valence-corrected chi connectivity index (χ1v) is 12.3. The normalized spacial score (nSPS) is 15.3. The number of carbonyl (C=O) groups is 2. The lowest BCUT2D eigenvalue weighted by molar-refractivity contribution is 0.0598. The second-order valence-corrected chi connectivity index (χ2v) is 9.59. The van der Waals surface area contributed by atoms with Crippen LogP contribution in [0, 0.1) is 0 Å². The molecular formula is C21H26N2O5S2. The van der Waals surface area contributed by atoms with E-state index in [9.17, 15) is 13.8 Å². The molecule has 7 nitrogen and oxygen atoms in total. The number of benzene rings is 1. The molecule has 162 valence electrons. The third-order valence-electron chi connectivity index (χ3n) is 4.67. The molecule has 1 aliphatic rings. The highest BCUT2D eigenvalue weighted by Gasteiger charge is 2.43. The number of rotatable bonds is 9. The molecule has 0 aliphatic carbocycles. The highest BCUT2D eigenvalue weighted by Crippen LogP contribution is 2.41. The molecule has 1 N–H and O–H groups in total. The molecule has 2 atom stereocenters. The van der Waals surface area contributed by atoms with Crippen LogP contribution in [0.15, 0.2) is 23.6 Å². The van der Waals surface area contributed by atoms with Crippen LogP contribution in [0.5, 0.6) is 11.5 Å². The van der Waals surface area contributed by atoms with Gasteiger partial charge in [-0.25, -0.2) is 0 Å². The molecular weight excluding hydrogens is 424 g/mol. The zero-order valence-corrected chi connectivity index (χ0v) is 19.3. The summed E-state index contributed by atoms with van der Waals surface area (Å²) in [5, 5.41) is 5.63. The van der Waals surface area contributed by atoms with E-state index in [2.05, 4.69) is 5.32 Å². The summed E-state index contributed by atoms with van der Waals surface area (Å²) < 4.78 is 23.1. The quantitative estimate of drug-likeness (QED) is 0.587. The molecule has 0 spiro atoms. The van der Waals surface area contributed by atoms with Crippen LogP contribution in [0.3, 0.4) is 0 Å². The Kier molecular flexibility index (Phi) is 6.82. The highest BCUT2D eigenvalue weighted by atomic mass is 32.2. The zero-order valence-electron chi connectivity index (χ0n) is 17.7. The van der Waals surface area contributed by atoms with Crippen molar-refractivity contribution in [1.29, 1.82) is 0 Å². The van der Waals surface area contributed by atoms with E-state index < -0.39 is 16.8 Å². The van der Waals surface area contributed by atoms with Gasteiger partial charge in [0.25, 0.3) is 11.8 Å². The zero-order chi connectivity index (χ0) is 22.0. The number of nitrogens with zero attached hydrogens (tertiary/aromatic N) is 1. The molecule has 1 aromatic heterocycles. The minimum atomic E-state index is -1.24. The van der Waals surface area contributed by atoms with E-state index in [1.807, 2.05) is 20.8 Å². The topological polar surface area (TPSA) is 84.9 Å². The number of thiophene rings is 1. The van der Waals surface area contributed by atoms with Gasteiger partial charge in [0.05, 0.1) is 30.9 Å². The van der Waals surface area contributed by atoms with E-state index >= 15 is 0 Å². The van der Waals surface area contributed by atoms with E-state index in [1.165, 1.54) is 16.2 Å². The standard InChI is InChI=1S/C21H26N2O5S2/c1-6-28-17-9-13(7-8-16(17)27-4)15(11-30(5)26)23-20(24)14-10-29-19(22-12(2)3)18(14)21(23)25/h7-10,12,15,22H,6,11H2,1-5H3. The van der Waals surface area contributed by atoms with Gasteiger partial charge in [0.1, 0.15) is 5.00 Å². The molecule has 2 aromatic rings. The predicted octanol–water partition coefficient (Wildman–Crippen LogP) is 3.69. The number of imide groups is 1. The maximum atomic E-state index is 13.3. The van der Waals surface area contributed by atoms with E-state index in [0.717, 1.165) is 0 Å². The van der Waals surface area contributed by atoms with Crippen LogP contribution < -0.4 is 14.8 Å².